The first-order chi connectivity index (χ1) is 13.0. The van der Waals surface area contributed by atoms with Gasteiger partial charge in [-0.15, -0.1) is 0 Å². The first-order valence-corrected chi connectivity index (χ1v) is 8.34. The van der Waals surface area contributed by atoms with Gasteiger partial charge in [0.25, 0.3) is 0 Å². The van der Waals surface area contributed by atoms with Gasteiger partial charge in [-0.1, -0.05) is 18.2 Å². The zero-order valence-corrected chi connectivity index (χ0v) is 15.0. The maximum atomic E-state index is 12.3. The number of phenolic OH excluding ortho intramolecular Hbond substituents is 1. The lowest BCUT2D eigenvalue weighted by Crippen LogP contribution is -2.33. The fourth-order valence-electron chi connectivity index (χ4n) is 2.94. The van der Waals surface area contributed by atoms with Crippen molar-refractivity contribution in [3.05, 3.63) is 59.8 Å². The third-order valence-corrected chi connectivity index (χ3v) is 4.33. The molecule has 3 aromatic rings. The second-order valence-corrected chi connectivity index (χ2v) is 6.01. The van der Waals surface area contributed by atoms with Gasteiger partial charge in [0, 0.05) is 23.5 Å². The molecule has 1 atom stereocenters. The molecule has 0 amide bonds. The number of ether oxygens (including phenoxy) is 2. The van der Waals surface area contributed by atoms with Crippen molar-refractivity contribution in [1.82, 2.24) is 4.98 Å². The van der Waals surface area contributed by atoms with Crippen molar-refractivity contribution in [2.45, 2.75) is 12.5 Å². The van der Waals surface area contributed by atoms with Crippen LogP contribution in [-0.4, -0.2) is 42.3 Å². The quantitative estimate of drug-likeness (QED) is 0.457. The Morgan fingerprint density at radius 1 is 1.15 bits per heavy atom. The number of hydrogen-bond donors (Lipinski definition) is 3. The van der Waals surface area contributed by atoms with Gasteiger partial charge < -0.3 is 24.9 Å². The van der Waals surface area contributed by atoms with Gasteiger partial charge in [-0.2, -0.15) is 0 Å². The summed E-state index contributed by atoms with van der Waals surface area (Å²) >= 11 is 0. The molecule has 0 saturated carbocycles. The number of methoxy groups -OCH3 is 2. The second kappa shape index (κ2) is 7.82. The smallest absolute Gasteiger partial charge is 0.337 e. The van der Waals surface area contributed by atoms with E-state index in [1.54, 1.807) is 0 Å². The van der Waals surface area contributed by atoms with Crippen molar-refractivity contribution < 1.29 is 24.2 Å². The predicted molar refractivity (Wildman–Crippen MR) is 101 cm³/mol. The van der Waals surface area contributed by atoms with Crippen LogP contribution in [0.4, 0.5) is 5.69 Å². The number of esters is 2. The van der Waals surface area contributed by atoms with E-state index in [1.807, 2.05) is 30.5 Å². The number of aromatic hydroxyl groups is 1. The lowest BCUT2D eigenvalue weighted by atomic mass is 10.0. The highest BCUT2D eigenvalue weighted by Gasteiger charge is 2.23. The molecule has 0 aliphatic carbocycles. The average molecular weight is 368 g/mol. The van der Waals surface area contributed by atoms with Crippen molar-refractivity contribution in [3.8, 4) is 5.75 Å². The van der Waals surface area contributed by atoms with Gasteiger partial charge in [0.15, 0.2) is 0 Å². The molecule has 1 aromatic heterocycles. The van der Waals surface area contributed by atoms with Crippen LogP contribution in [0.1, 0.15) is 15.9 Å². The summed E-state index contributed by atoms with van der Waals surface area (Å²) in [6, 6.07) is 11.3. The van der Waals surface area contributed by atoms with Gasteiger partial charge in [0.1, 0.15) is 11.8 Å². The molecule has 7 nitrogen and oxygen atoms in total. The molecule has 0 aliphatic heterocycles. The Morgan fingerprint density at radius 3 is 2.67 bits per heavy atom. The van der Waals surface area contributed by atoms with Gasteiger partial charge in [0.2, 0.25) is 0 Å². The number of benzene rings is 2. The van der Waals surface area contributed by atoms with E-state index in [0.29, 0.717) is 6.42 Å². The van der Waals surface area contributed by atoms with Gasteiger partial charge in [-0.3, -0.25) is 0 Å². The van der Waals surface area contributed by atoms with E-state index < -0.39 is 18.0 Å². The maximum Gasteiger partial charge on any atom is 0.337 e. The Hall–Kier alpha value is -3.48. The molecule has 0 saturated heterocycles. The van der Waals surface area contributed by atoms with Crippen LogP contribution in [0.3, 0.4) is 0 Å². The molecule has 27 heavy (non-hydrogen) atoms. The minimum absolute atomic E-state index is 0.0875. The number of hydrogen-bond acceptors (Lipinski definition) is 6. The number of carbonyl (C=O) groups excluding carboxylic acids is 2. The molecule has 1 unspecified atom stereocenters. The van der Waals surface area contributed by atoms with Crippen LogP contribution in [-0.2, 0) is 20.7 Å². The van der Waals surface area contributed by atoms with Crippen LogP contribution in [0.5, 0.6) is 5.75 Å². The minimum atomic E-state index is -0.756. The zero-order valence-electron chi connectivity index (χ0n) is 15.0. The Kier molecular flexibility index (Phi) is 5.30. The summed E-state index contributed by atoms with van der Waals surface area (Å²) in [4.78, 5) is 27.2. The zero-order chi connectivity index (χ0) is 19.4. The predicted octanol–water partition coefficient (Wildman–Crippen LogP) is 2.86. The third-order valence-electron chi connectivity index (χ3n) is 4.33. The van der Waals surface area contributed by atoms with E-state index in [0.717, 1.165) is 16.5 Å². The molecule has 2 aromatic carbocycles. The number of aromatic nitrogens is 1. The van der Waals surface area contributed by atoms with Crippen molar-refractivity contribution in [2.24, 2.45) is 0 Å². The Labute approximate surface area is 155 Å². The summed E-state index contributed by atoms with van der Waals surface area (Å²) < 4.78 is 9.59. The maximum absolute atomic E-state index is 12.3. The van der Waals surface area contributed by atoms with Crippen LogP contribution in [0.25, 0.3) is 10.9 Å². The summed E-state index contributed by atoms with van der Waals surface area (Å²) in [6.45, 7) is 0. The molecule has 3 rings (SSSR count). The summed E-state index contributed by atoms with van der Waals surface area (Å²) in [7, 11) is 2.58. The van der Waals surface area contributed by atoms with E-state index >= 15 is 0 Å². The van der Waals surface area contributed by atoms with Crippen molar-refractivity contribution in [3.63, 3.8) is 0 Å². The summed E-state index contributed by atoms with van der Waals surface area (Å²) in [5, 5.41) is 14.1. The van der Waals surface area contributed by atoms with Crippen LogP contribution < -0.4 is 5.32 Å². The Morgan fingerprint density at radius 2 is 1.93 bits per heavy atom. The highest BCUT2D eigenvalue weighted by molar-refractivity contribution is 5.92. The van der Waals surface area contributed by atoms with Gasteiger partial charge >= 0.3 is 11.9 Å². The number of rotatable bonds is 6. The van der Waals surface area contributed by atoms with Crippen molar-refractivity contribution >= 4 is 28.5 Å². The van der Waals surface area contributed by atoms with Crippen LogP contribution >= 0.6 is 0 Å². The van der Waals surface area contributed by atoms with E-state index in [-0.39, 0.29) is 17.0 Å². The molecule has 3 N–H and O–H groups in total. The molecule has 0 spiro atoms. The normalized spacial score (nSPS) is 11.8. The number of phenols is 1. The van der Waals surface area contributed by atoms with Crippen molar-refractivity contribution in [1.29, 1.82) is 0 Å². The average Bonchev–Trinajstić information content (AvgIpc) is 3.10. The van der Waals surface area contributed by atoms with Crippen LogP contribution in [0, 0.1) is 0 Å². The van der Waals surface area contributed by atoms with Gasteiger partial charge in [0.05, 0.1) is 25.5 Å². The highest BCUT2D eigenvalue weighted by atomic mass is 16.5. The first-order valence-electron chi connectivity index (χ1n) is 8.34. The van der Waals surface area contributed by atoms with E-state index in [9.17, 15) is 14.7 Å². The number of para-hydroxylation sites is 1. The number of H-pyrrole nitrogens is 1. The second-order valence-electron chi connectivity index (χ2n) is 6.01. The number of fused-ring (bicyclic) bond motifs is 1. The molecule has 7 heteroatoms. The molecular weight excluding hydrogens is 348 g/mol. The molecule has 0 radical (unpaired) electrons. The van der Waals surface area contributed by atoms with E-state index in [1.165, 1.54) is 32.4 Å². The fourth-order valence-corrected chi connectivity index (χ4v) is 2.94. The van der Waals surface area contributed by atoms with Crippen LogP contribution in [0.15, 0.2) is 48.7 Å². The van der Waals surface area contributed by atoms with E-state index in [4.69, 9.17) is 9.47 Å². The lowest BCUT2D eigenvalue weighted by Gasteiger charge is -2.18. The SMILES string of the molecule is COC(=O)c1ccc(O)c(NC(Cc2c[nH]c3ccccc23)C(=O)OC)c1. The summed E-state index contributed by atoms with van der Waals surface area (Å²) in [5.74, 6) is -1.11. The lowest BCUT2D eigenvalue weighted by molar-refractivity contribution is -0.141. The molecule has 0 bridgehead atoms. The first kappa shape index (κ1) is 18.3. The van der Waals surface area contributed by atoms with Gasteiger partial charge in [-0.05, 0) is 29.8 Å². The molecule has 140 valence electrons. The van der Waals surface area contributed by atoms with Gasteiger partial charge in [-0.25, -0.2) is 9.59 Å². The Bertz CT molecular complexity index is 979. The summed E-state index contributed by atoms with van der Waals surface area (Å²) in [5.41, 5.74) is 2.39. The number of anilines is 1. The van der Waals surface area contributed by atoms with E-state index in [2.05, 4.69) is 10.3 Å². The Balaban J connectivity index is 1.90. The third kappa shape index (κ3) is 3.87. The minimum Gasteiger partial charge on any atom is -0.506 e. The monoisotopic (exact) mass is 368 g/mol. The standard InChI is InChI=1S/C20H20N2O5/c1-26-19(24)12-7-8-18(23)16(9-12)22-17(20(25)27-2)10-13-11-21-15-6-4-3-5-14(13)15/h3-9,11,17,21-23H,10H2,1-2H3. The molecular formula is C20H20N2O5. The topological polar surface area (TPSA) is 101 Å². The molecule has 0 aliphatic rings. The number of aromatic amines is 1. The number of carbonyl (C=O) groups is 2. The molecule has 0 fully saturated rings. The fraction of sp³-hybridized carbons (Fsp3) is 0.200. The van der Waals surface area contributed by atoms with Crippen LogP contribution in [0.2, 0.25) is 0 Å². The number of nitrogens with one attached hydrogen (secondary N) is 2. The van der Waals surface area contributed by atoms with Crippen molar-refractivity contribution in [2.75, 3.05) is 19.5 Å². The highest BCUT2D eigenvalue weighted by Crippen LogP contribution is 2.27. The summed E-state index contributed by atoms with van der Waals surface area (Å²) in [6.07, 6.45) is 2.17. The largest absolute Gasteiger partial charge is 0.506 e. The molecule has 1 heterocycles.